The van der Waals surface area contributed by atoms with Crippen molar-refractivity contribution in [1.29, 1.82) is 0 Å². The average molecular weight is 370 g/mol. The molecule has 0 aliphatic carbocycles. The fourth-order valence-corrected chi connectivity index (χ4v) is 3.33. The van der Waals surface area contributed by atoms with Gasteiger partial charge in [-0.2, -0.15) is 0 Å². The number of hydrogen-bond acceptors (Lipinski definition) is 2. The number of nitrogens with zero attached hydrogens (tertiary/aromatic N) is 2. The first-order chi connectivity index (χ1) is 13.7. The van der Waals surface area contributed by atoms with Crippen molar-refractivity contribution in [2.24, 2.45) is 0 Å². The number of rotatable bonds is 4. The highest BCUT2D eigenvalue weighted by Gasteiger charge is 2.13. The van der Waals surface area contributed by atoms with Crippen LogP contribution in [0.3, 0.4) is 0 Å². The van der Waals surface area contributed by atoms with Gasteiger partial charge < -0.3 is 15.0 Å². The number of amides is 2. The average Bonchev–Trinajstić information content (AvgIpc) is 3.14. The molecule has 0 aliphatic rings. The van der Waals surface area contributed by atoms with Crippen molar-refractivity contribution in [2.45, 2.75) is 20.3 Å². The zero-order chi connectivity index (χ0) is 19.5. The molecule has 4 rings (SSSR count). The largest absolute Gasteiger partial charge is 0.323 e. The predicted octanol–water partition coefficient (Wildman–Crippen LogP) is 5.52. The molecule has 0 bridgehead atoms. The zero-order valence-electron chi connectivity index (χ0n) is 15.9. The summed E-state index contributed by atoms with van der Waals surface area (Å²) in [7, 11) is 0. The molecule has 2 amide bonds. The molecule has 2 aromatic heterocycles. The lowest BCUT2D eigenvalue weighted by molar-refractivity contribution is 0.262. The van der Waals surface area contributed by atoms with E-state index in [0.717, 1.165) is 45.8 Å². The number of pyridine rings is 1. The summed E-state index contributed by atoms with van der Waals surface area (Å²) in [5.41, 5.74) is 6.35. The zero-order valence-corrected chi connectivity index (χ0v) is 15.9. The smallest absolute Gasteiger partial charge is 0.307 e. The fraction of sp³-hybridized carbons (Fsp3) is 0.130. The minimum absolute atomic E-state index is 0.270. The molecule has 0 spiro atoms. The van der Waals surface area contributed by atoms with Crippen molar-refractivity contribution >= 4 is 23.1 Å². The fourth-order valence-electron chi connectivity index (χ4n) is 3.33. The maximum Gasteiger partial charge on any atom is 0.323 e. The van der Waals surface area contributed by atoms with Crippen molar-refractivity contribution in [3.63, 3.8) is 0 Å². The summed E-state index contributed by atoms with van der Waals surface area (Å²) in [5.74, 6) is 0. The van der Waals surface area contributed by atoms with Gasteiger partial charge in [0.15, 0.2) is 0 Å². The number of urea groups is 1. The van der Waals surface area contributed by atoms with E-state index in [9.17, 15) is 4.79 Å². The highest BCUT2D eigenvalue weighted by Crippen LogP contribution is 2.28. The Bertz CT molecular complexity index is 1150. The normalized spacial score (nSPS) is 10.8. The van der Waals surface area contributed by atoms with Crippen molar-refractivity contribution in [3.8, 4) is 11.3 Å². The van der Waals surface area contributed by atoms with Crippen LogP contribution in [0.4, 0.5) is 16.2 Å². The Morgan fingerprint density at radius 2 is 1.68 bits per heavy atom. The number of aryl methyl sites for hydroxylation is 2. The Hall–Kier alpha value is -3.60. The summed E-state index contributed by atoms with van der Waals surface area (Å²) in [6.07, 6.45) is 4.81. The standard InChI is InChI=1S/C23H22N4O/c1-3-17-10-4-6-12-19(17)25-23(28)26-20-13-7-5-11-18(20)21-15-27-14-8-9-16(2)22(27)24-21/h4-15H,3H2,1-2H3,(H2,25,26,28). The molecule has 0 atom stereocenters. The molecule has 5 heteroatoms. The van der Waals surface area contributed by atoms with Crippen LogP contribution < -0.4 is 10.6 Å². The van der Waals surface area contributed by atoms with Crippen LogP contribution in [0.1, 0.15) is 18.1 Å². The van der Waals surface area contributed by atoms with Crippen LogP contribution in [0.5, 0.6) is 0 Å². The van der Waals surface area contributed by atoms with Gasteiger partial charge >= 0.3 is 6.03 Å². The van der Waals surface area contributed by atoms with E-state index >= 15 is 0 Å². The van der Waals surface area contributed by atoms with Gasteiger partial charge in [0, 0.05) is 23.6 Å². The van der Waals surface area contributed by atoms with Gasteiger partial charge in [0.1, 0.15) is 5.65 Å². The Balaban J connectivity index is 1.62. The van der Waals surface area contributed by atoms with E-state index in [4.69, 9.17) is 4.98 Å². The molecule has 0 saturated carbocycles. The number of benzene rings is 2. The number of anilines is 2. The first kappa shape index (κ1) is 17.8. The number of hydrogen-bond donors (Lipinski definition) is 2. The Kier molecular flexibility index (Phi) is 4.81. The van der Waals surface area contributed by atoms with Gasteiger partial charge in [0.25, 0.3) is 0 Å². The third kappa shape index (κ3) is 3.47. The minimum atomic E-state index is -0.270. The molecule has 2 heterocycles. The molecule has 0 fully saturated rings. The SMILES string of the molecule is CCc1ccccc1NC(=O)Nc1ccccc1-c1cn2cccc(C)c2n1. The van der Waals surface area contributed by atoms with Gasteiger partial charge in [-0.3, -0.25) is 0 Å². The van der Waals surface area contributed by atoms with Crippen molar-refractivity contribution in [3.05, 3.63) is 84.2 Å². The number of nitrogens with one attached hydrogen (secondary N) is 2. The van der Waals surface area contributed by atoms with Crippen LogP contribution in [0, 0.1) is 6.92 Å². The van der Waals surface area contributed by atoms with E-state index in [2.05, 4.69) is 17.6 Å². The van der Waals surface area contributed by atoms with Crippen molar-refractivity contribution in [1.82, 2.24) is 9.38 Å². The lowest BCUT2D eigenvalue weighted by Crippen LogP contribution is -2.20. The third-order valence-corrected chi connectivity index (χ3v) is 4.78. The van der Waals surface area contributed by atoms with Crippen LogP contribution >= 0.6 is 0 Å². The van der Waals surface area contributed by atoms with Gasteiger partial charge in [-0.1, -0.05) is 49.4 Å². The number of fused-ring (bicyclic) bond motifs is 1. The molecule has 28 heavy (non-hydrogen) atoms. The summed E-state index contributed by atoms with van der Waals surface area (Å²) in [5, 5.41) is 5.92. The van der Waals surface area contributed by atoms with Crippen LogP contribution in [-0.4, -0.2) is 15.4 Å². The summed E-state index contributed by atoms with van der Waals surface area (Å²) in [6, 6.07) is 19.3. The number of para-hydroxylation sites is 2. The molecular formula is C23H22N4O. The van der Waals surface area contributed by atoms with Crippen LogP contribution in [-0.2, 0) is 6.42 Å². The second kappa shape index (κ2) is 7.56. The van der Waals surface area contributed by atoms with Crippen LogP contribution in [0.25, 0.3) is 16.9 Å². The van der Waals surface area contributed by atoms with Gasteiger partial charge in [-0.05, 0) is 42.7 Å². The number of carbonyl (C=O) groups is 1. The van der Waals surface area contributed by atoms with E-state index in [1.165, 1.54) is 0 Å². The summed E-state index contributed by atoms with van der Waals surface area (Å²) in [4.78, 5) is 17.4. The lowest BCUT2D eigenvalue weighted by Gasteiger charge is -2.13. The molecule has 0 unspecified atom stereocenters. The first-order valence-electron chi connectivity index (χ1n) is 9.35. The predicted molar refractivity (Wildman–Crippen MR) is 114 cm³/mol. The highest BCUT2D eigenvalue weighted by atomic mass is 16.2. The third-order valence-electron chi connectivity index (χ3n) is 4.78. The first-order valence-corrected chi connectivity index (χ1v) is 9.35. The second-order valence-corrected chi connectivity index (χ2v) is 6.68. The molecule has 4 aromatic rings. The summed E-state index contributed by atoms with van der Waals surface area (Å²) in [6.45, 7) is 4.11. The molecule has 5 nitrogen and oxygen atoms in total. The molecule has 2 N–H and O–H groups in total. The molecule has 0 saturated heterocycles. The van der Waals surface area contributed by atoms with Crippen LogP contribution in [0.2, 0.25) is 0 Å². The topological polar surface area (TPSA) is 58.4 Å². The Morgan fingerprint density at radius 1 is 0.964 bits per heavy atom. The molecule has 0 aliphatic heterocycles. The monoisotopic (exact) mass is 370 g/mol. The molecule has 0 radical (unpaired) electrons. The van der Waals surface area contributed by atoms with E-state index in [1.807, 2.05) is 84.4 Å². The molecule has 2 aromatic carbocycles. The van der Waals surface area contributed by atoms with Crippen LogP contribution in [0.15, 0.2) is 73.1 Å². The van der Waals surface area contributed by atoms with Crippen molar-refractivity contribution in [2.75, 3.05) is 10.6 Å². The van der Waals surface area contributed by atoms with E-state index in [0.29, 0.717) is 0 Å². The van der Waals surface area contributed by atoms with Crippen molar-refractivity contribution < 1.29 is 4.79 Å². The quantitative estimate of drug-likeness (QED) is 0.497. The maximum absolute atomic E-state index is 12.6. The number of aromatic nitrogens is 2. The molecular weight excluding hydrogens is 348 g/mol. The van der Waals surface area contributed by atoms with Gasteiger partial charge in [-0.15, -0.1) is 0 Å². The minimum Gasteiger partial charge on any atom is -0.307 e. The van der Waals surface area contributed by atoms with E-state index < -0.39 is 0 Å². The van der Waals surface area contributed by atoms with Gasteiger partial charge in [-0.25, -0.2) is 9.78 Å². The number of imidazole rings is 1. The highest BCUT2D eigenvalue weighted by molar-refractivity contribution is 6.02. The van der Waals surface area contributed by atoms with E-state index in [-0.39, 0.29) is 6.03 Å². The van der Waals surface area contributed by atoms with Gasteiger partial charge in [0.2, 0.25) is 0 Å². The second-order valence-electron chi connectivity index (χ2n) is 6.68. The summed E-state index contributed by atoms with van der Waals surface area (Å²) >= 11 is 0. The lowest BCUT2D eigenvalue weighted by atomic mass is 10.1. The van der Waals surface area contributed by atoms with Gasteiger partial charge in [0.05, 0.1) is 11.4 Å². The Morgan fingerprint density at radius 3 is 2.46 bits per heavy atom. The Labute approximate surface area is 164 Å². The number of carbonyl (C=O) groups excluding carboxylic acids is 1. The summed E-state index contributed by atoms with van der Waals surface area (Å²) < 4.78 is 2.00. The molecule has 140 valence electrons. The van der Waals surface area contributed by atoms with E-state index in [1.54, 1.807) is 0 Å². The maximum atomic E-state index is 12.6.